The third-order valence-electron chi connectivity index (χ3n) is 7.76. The molecule has 0 saturated carbocycles. The Kier molecular flexibility index (Phi) is 15.8. The minimum absolute atomic E-state index is 0.101. The van der Waals surface area contributed by atoms with Crippen molar-refractivity contribution in [1.82, 2.24) is 24.8 Å². The molecule has 260 valence electrons. The number of aromatic nitrogens is 1. The largest absolute Gasteiger partial charge is 0.450 e. The molecule has 0 bridgehead atoms. The van der Waals surface area contributed by atoms with Crippen LogP contribution in [-0.2, 0) is 26.1 Å². The van der Waals surface area contributed by atoms with Gasteiger partial charge >= 0.3 is 6.09 Å². The number of thiocarbonyl (C=S) groups is 1. The molecule has 1 fully saturated rings. The van der Waals surface area contributed by atoms with E-state index in [4.69, 9.17) is 17.0 Å². The number of carbonyl (C=O) groups is 2. The second kappa shape index (κ2) is 19.5. The Morgan fingerprint density at radius 2 is 1.51 bits per heavy atom. The van der Waals surface area contributed by atoms with Crippen molar-refractivity contribution in [2.24, 2.45) is 0 Å². The van der Waals surface area contributed by atoms with Crippen LogP contribution in [0.25, 0.3) is 0 Å². The van der Waals surface area contributed by atoms with E-state index in [9.17, 15) is 18.0 Å². The Bertz CT molecular complexity index is 1360. The van der Waals surface area contributed by atoms with E-state index >= 15 is 0 Å². The first kappa shape index (κ1) is 38.2. The fourth-order valence-corrected chi connectivity index (χ4v) is 6.79. The number of rotatable bonds is 17. The number of pyridine rings is 1. The molecule has 0 unspecified atom stereocenters. The number of hydrogen-bond donors (Lipinski definition) is 3. The van der Waals surface area contributed by atoms with Gasteiger partial charge in [-0.1, -0.05) is 51.0 Å². The zero-order valence-corrected chi connectivity index (χ0v) is 29.8. The second-order valence-corrected chi connectivity index (χ2v) is 15.3. The van der Waals surface area contributed by atoms with Crippen molar-refractivity contribution in [1.29, 1.82) is 0 Å². The highest BCUT2D eigenvalue weighted by Gasteiger charge is 2.30. The van der Waals surface area contributed by atoms with Gasteiger partial charge in [0.15, 0.2) is 5.11 Å². The summed E-state index contributed by atoms with van der Waals surface area (Å²) >= 11 is 5.35. The summed E-state index contributed by atoms with van der Waals surface area (Å²) in [6.45, 7) is 8.14. The van der Waals surface area contributed by atoms with E-state index in [-0.39, 0.29) is 35.5 Å². The Morgan fingerprint density at radius 3 is 2.11 bits per heavy atom. The van der Waals surface area contributed by atoms with Crippen LogP contribution in [0.1, 0.15) is 90.5 Å². The quantitative estimate of drug-likeness (QED) is 0.139. The summed E-state index contributed by atoms with van der Waals surface area (Å²) in [5, 5.41) is 9.40. The van der Waals surface area contributed by atoms with E-state index in [0.29, 0.717) is 43.5 Å². The summed E-state index contributed by atoms with van der Waals surface area (Å²) in [5.74, 6) is 0.101. The van der Waals surface area contributed by atoms with Crippen molar-refractivity contribution in [2.75, 3.05) is 38.1 Å². The number of sulfonamides is 1. The molecule has 3 N–H and O–H groups in total. The molecule has 1 saturated heterocycles. The standard InChI is InChI=1S/C34H52N6O5S2/c1-34(2,3)38-33(42)45-25-12-10-8-6-4-5-7-9-11-15-31(41)39-21-23-40(24-22-39)47(43,44)30-18-16-29(17-19-30)37-32(46)36-27-28-14-13-20-35-26-28/h13-14,16-20,26H,4-12,15,21-25,27H2,1-3H3,(H,38,42)(H2,36,37,46). The van der Waals surface area contributed by atoms with Crippen molar-refractivity contribution in [3.8, 4) is 0 Å². The number of unbranched alkanes of at least 4 members (excludes halogenated alkanes) is 8. The van der Waals surface area contributed by atoms with Crippen molar-refractivity contribution in [2.45, 2.75) is 102 Å². The molecule has 1 aromatic heterocycles. The van der Waals surface area contributed by atoms with Crippen LogP contribution < -0.4 is 16.0 Å². The maximum atomic E-state index is 13.2. The Balaban J connectivity index is 1.23. The van der Waals surface area contributed by atoms with Crippen LogP contribution in [0.3, 0.4) is 0 Å². The summed E-state index contributed by atoms with van der Waals surface area (Å²) in [4.78, 5) is 30.5. The second-order valence-electron chi connectivity index (χ2n) is 12.9. The molecule has 2 amide bonds. The lowest BCUT2D eigenvalue weighted by Gasteiger charge is -2.34. The number of nitrogens with one attached hydrogen (secondary N) is 3. The van der Waals surface area contributed by atoms with Gasteiger partial charge in [0.1, 0.15) is 0 Å². The van der Waals surface area contributed by atoms with Crippen LogP contribution >= 0.6 is 12.2 Å². The topological polar surface area (TPSA) is 133 Å². The van der Waals surface area contributed by atoms with Gasteiger partial charge in [-0.3, -0.25) is 9.78 Å². The Labute approximate surface area is 286 Å². The number of nitrogens with zero attached hydrogens (tertiary/aromatic N) is 3. The summed E-state index contributed by atoms with van der Waals surface area (Å²) in [7, 11) is -3.66. The van der Waals surface area contributed by atoms with Crippen LogP contribution in [0, 0.1) is 0 Å². The number of ether oxygens (including phenoxy) is 1. The minimum atomic E-state index is -3.66. The van der Waals surface area contributed by atoms with Gasteiger partial charge in [-0.25, -0.2) is 13.2 Å². The average Bonchev–Trinajstić information content (AvgIpc) is 3.04. The molecular weight excluding hydrogens is 637 g/mol. The van der Waals surface area contributed by atoms with E-state index in [1.807, 2.05) is 32.9 Å². The van der Waals surface area contributed by atoms with E-state index in [0.717, 1.165) is 50.5 Å². The molecule has 1 aliphatic rings. The molecule has 0 spiro atoms. The number of amides is 2. The van der Waals surface area contributed by atoms with Crippen molar-refractivity contribution < 1.29 is 22.7 Å². The number of piperazine rings is 1. The Morgan fingerprint density at radius 1 is 0.894 bits per heavy atom. The van der Waals surface area contributed by atoms with Crippen molar-refractivity contribution in [3.63, 3.8) is 0 Å². The minimum Gasteiger partial charge on any atom is -0.450 e. The van der Waals surface area contributed by atoms with Gasteiger partial charge < -0.3 is 25.6 Å². The van der Waals surface area contributed by atoms with Gasteiger partial charge in [-0.15, -0.1) is 0 Å². The predicted molar refractivity (Wildman–Crippen MR) is 189 cm³/mol. The van der Waals surface area contributed by atoms with Gasteiger partial charge in [0.2, 0.25) is 15.9 Å². The first-order chi connectivity index (χ1) is 22.4. The van der Waals surface area contributed by atoms with Gasteiger partial charge in [-0.05, 0) is 81.7 Å². The SMILES string of the molecule is CC(C)(C)NC(=O)OCCCCCCCCCCCC(=O)N1CCN(S(=O)(=O)c2ccc(NC(=S)NCc3cccnc3)cc2)CC1. The van der Waals surface area contributed by atoms with Crippen LogP contribution in [0.4, 0.5) is 10.5 Å². The first-order valence-electron chi connectivity index (χ1n) is 16.7. The van der Waals surface area contributed by atoms with Gasteiger partial charge in [0.05, 0.1) is 11.5 Å². The monoisotopic (exact) mass is 688 g/mol. The van der Waals surface area contributed by atoms with E-state index < -0.39 is 10.0 Å². The highest BCUT2D eigenvalue weighted by Crippen LogP contribution is 2.21. The van der Waals surface area contributed by atoms with Crippen molar-refractivity contribution in [3.05, 3.63) is 54.4 Å². The lowest BCUT2D eigenvalue weighted by atomic mass is 10.1. The van der Waals surface area contributed by atoms with Gasteiger partial charge in [0, 0.05) is 62.8 Å². The lowest BCUT2D eigenvalue weighted by Crippen LogP contribution is -2.50. The van der Waals surface area contributed by atoms with E-state index in [1.165, 1.54) is 17.1 Å². The third-order valence-corrected chi connectivity index (χ3v) is 9.92. The van der Waals surface area contributed by atoms with Gasteiger partial charge in [0.25, 0.3) is 0 Å². The van der Waals surface area contributed by atoms with Crippen molar-refractivity contribution >= 4 is 45.0 Å². The maximum Gasteiger partial charge on any atom is 0.407 e. The van der Waals surface area contributed by atoms with Gasteiger partial charge in [-0.2, -0.15) is 4.31 Å². The molecule has 2 heterocycles. The molecule has 0 radical (unpaired) electrons. The van der Waals surface area contributed by atoms with Crippen LogP contribution in [-0.4, -0.2) is 78.0 Å². The number of benzene rings is 1. The molecule has 1 aromatic carbocycles. The molecule has 2 aromatic rings. The molecule has 0 atom stereocenters. The van der Waals surface area contributed by atoms with Crippen LogP contribution in [0.2, 0.25) is 0 Å². The van der Waals surface area contributed by atoms with E-state index in [2.05, 4.69) is 20.9 Å². The highest BCUT2D eigenvalue weighted by molar-refractivity contribution is 7.89. The lowest BCUT2D eigenvalue weighted by molar-refractivity contribution is -0.132. The van der Waals surface area contributed by atoms with Crippen LogP contribution in [0.5, 0.6) is 0 Å². The fraction of sp³-hybridized carbons (Fsp3) is 0.588. The average molecular weight is 689 g/mol. The summed E-state index contributed by atoms with van der Waals surface area (Å²) < 4.78 is 33.1. The summed E-state index contributed by atoms with van der Waals surface area (Å²) in [5.41, 5.74) is 1.40. The molecule has 13 heteroatoms. The highest BCUT2D eigenvalue weighted by atomic mass is 32.2. The molecular formula is C34H52N6O5S2. The zero-order valence-electron chi connectivity index (χ0n) is 28.1. The number of hydrogen-bond acceptors (Lipinski definition) is 7. The Hall–Kier alpha value is -3.29. The number of anilines is 1. The zero-order chi connectivity index (χ0) is 34.1. The molecule has 0 aliphatic carbocycles. The maximum absolute atomic E-state index is 13.2. The van der Waals surface area contributed by atoms with E-state index in [1.54, 1.807) is 41.6 Å². The normalized spacial score (nSPS) is 14.0. The molecule has 3 rings (SSSR count). The summed E-state index contributed by atoms with van der Waals surface area (Å²) in [6, 6.07) is 10.3. The smallest absolute Gasteiger partial charge is 0.407 e. The fourth-order valence-electron chi connectivity index (χ4n) is 5.18. The summed E-state index contributed by atoms with van der Waals surface area (Å²) in [6.07, 6.45) is 13.2. The number of alkyl carbamates (subject to hydrolysis) is 1. The molecule has 1 aliphatic heterocycles. The first-order valence-corrected chi connectivity index (χ1v) is 18.6. The number of carbonyl (C=O) groups excluding carboxylic acids is 2. The van der Waals surface area contributed by atoms with Crippen LogP contribution in [0.15, 0.2) is 53.7 Å². The molecule has 11 nitrogen and oxygen atoms in total. The predicted octanol–water partition coefficient (Wildman–Crippen LogP) is 5.83. The molecule has 47 heavy (non-hydrogen) atoms. The third kappa shape index (κ3) is 14.6.